The third-order valence-corrected chi connectivity index (χ3v) is 22.8. The second-order valence-electron chi connectivity index (χ2n) is 33.8. The van der Waals surface area contributed by atoms with Gasteiger partial charge in [0.25, 0.3) is 0 Å². The Morgan fingerprint density at radius 2 is 0.810 bits per heavy atom. The lowest BCUT2D eigenvalue weighted by molar-refractivity contribution is -0.144. The molecule has 4 rings (SSSR count). The number of nitrogens with two attached hydrogens (primary N) is 3. The fourth-order valence-corrected chi connectivity index (χ4v) is 14.8. The normalized spacial score (nSPS) is 17.4. The molecule has 3 fully saturated rings. The molecule has 790 valence electrons. The summed E-state index contributed by atoms with van der Waals surface area (Å²) in [5.74, 6) is -32.1. The maximum absolute atomic E-state index is 14.5. The molecule has 0 bridgehead atoms. The quantitative estimate of drug-likeness (QED) is 0.0164. The van der Waals surface area contributed by atoms with E-state index in [1.165, 1.54) is 27.0 Å². The first-order valence-electron chi connectivity index (χ1n) is 45.2. The van der Waals surface area contributed by atoms with Crippen molar-refractivity contribution in [3.05, 3.63) is 18.2 Å². The lowest BCUT2D eigenvalue weighted by Gasteiger charge is -2.32. The molecule has 18 atom stereocenters. The zero-order valence-electron chi connectivity index (χ0n) is 78.4. The van der Waals surface area contributed by atoms with Gasteiger partial charge >= 0.3 is 29.8 Å². The van der Waals surface area contributed by atoms with Crippen LogP contribution in [0.1, 0.15) is 149 Å². The standard InChI is InChI=1S/C82H128N26O34/c1-6-38(4)64(105-75(135)48(32-109)93-56(114)28-83)79(139)92-39(5)65(125)101-49(33-110)72(132)96-44(17-20-61(121)122)70(130)104-63(37(2)3)80(140)108-24-10-12-52(108)76(136)90-31-58(116)107-23-9-14-54(107)78(138)103-51(35-112)73(133)94-41(11-7-21-88-82(85)86)67(127)95-42(15-18-59(117)118)68(128)98-45(25-40-29-87-36-91-40)71(131)99-46(27-62(123)124)66(126)89-30-57(115)106-22-8-13-53(106)77(137)97-43(16-19-60(119)120)69(129)102-50(34-111)74(134)100-47(81(141)142)26-55(84)113/h29,36-39,41-54,63-64,109-112H,6-28,30-35,83H2,1-5H3,(H2,84,113)(H,87,91)(H,89,126)(H,90,136)(H,92,139)(H,93,114)(H,94,133)(H,95,127)(H,96,132)(H,97,137)(H,98,128)(H,99,131)(H,100,134)(H,101,125)(H,102,129)(H,103,138)(H,104,130)(H,105,135)(H,117,118)(H,119,120)(H,121,122)(H,123,124)(H,141,142)(H4,85,86,88)/t38-,39-,41-,42-,43-,44-,45-,46-,47-,48-,49-,50-,51-,52-,53-,54-,63-,64-/m0/s1. The Balaban J connectivity index is 1.47. The topological polar surface area (TPSA) is 954 Å². The average Bonchev–Trinajstić information content (AvgIpc) is 1.67. The van der Waals surface area contributed by atoms with Crippen molar-refractivity contribution in [2.45, 2.75) is 253 Å². The molecule has 20 amide bonds. The number of amides is 20. The number of likely N-dealkylation sites (tertiary alicyclic amines) is 3. The summed E-state index contributed by atoms with van der Waals surface area (Å²) in [6, 6.07) is -29.0. The number of carboxylic acid groups (broad SMARTS) is 5. The third kappa shape index (κ3) is 39.0. The van der Waals surface area contributed by atoms with Crippen molar-refractivity contribution in [3.8, 4) is 0 Å². The first kappa shape index (κ1) is 119. The fourth-order valence-electron chi connectivity index (χ4n) is 14.8. The highest BCUT2D eigenvalue weighted by Gasteiger charge is 2.45. The first-order valence-corrected chi connectivity index (χ1v) is 45.2. The summed E-state index contributed by atoms with van der Waals surface area (Å²) in [7, 11) is 0. The molecule has 1 aromatic heterocycles. The van der Waals surface area contributed by atoms with Crippen LogP contribution >= 0.6 is 0 Å². The molecule has 142 heavy (non-hydrogen) atoms. The molecule has 0 aromatic carbocycles. The number of hydrogen-bond donors (Lipinski definition) is 31. The molecule has 0 saturated carbocycles. The van der Waals surface area contributed by atoms with Crippen molar-refractivity contribution in [1.82, 2.24) is 115 Å². The molecule has 3 aliphatic rings. The number of aliphatic hydroxyl groups is 4. The molecule has 60 nitrogen and oxygen atoms in total. The van der Waals surface area contributed by atoms with Crippen LogP contribution in [0.5, 0.6) is 0 Å². The monoisotopic (exact) mass is 2020 g/mol. The van der Waals surface area contributed by atoms with Gasteiger partial charge in [-0.3, -0.25) is 120 Å². The number of rotatable bonds is 62. The summed E-state index contributed by atoms with van der Waals surface area (Å²) < 4.78 is 0. The van der Waals surface area contributed by atoms with Crippen molar-refractivity contribution >= 4 is 154 Å². The van der Waals surface area contributed by atoms with Crippen molar-refractivity contribution < 1.29 is 166 Å². The predicted octanol–water partition coefficient (Wildman–Crippen LogP) is -15.1. The molecule has 3 saturated heterocycles. The van der Waals surface area contributed by atoms with Crippen LogP contribution in [0.4, 0.5) is 0 Å². The van der Waals surface area contributed by atoms with Gasteiger partial charge in [0.1, 0.15) is 103 Å². The minimum Gasteiger partial charge on any atom is -0.481 e. The number of guanidine groups is 1. The lowest BCUT2D eigenvalue weighted by atomic mass is 9.97. The van der Waals surface area contributed by atoms with E-state index < -0.39 is 379 Å². The van der Waals surface area contributed by atoms with Crippen LogP contribution in [0.2, 0.25) is 0 Å². The number of nitrogens with zero attached hydrogens (tertiary/aromatic N) is 4. The number of carbonyl (C=O) groups excluding carboxylic acids is 20. The van der Waals surface area contributed by atoms with E-state index in [9.17, 15) is 166 Å². The molecule has 60 heteroatoms. The van der Waals surface area contributed by atoms with E-state index in [0.29, 0.717) is 6.42 Å². The second kappa shape index (κ2) is 59.5. The average molecular weight is 2020 g/mol. The molecular formula is C82H128N26O34. The highest BCUT2D eigenvalue weighted by Crippen LogP contribution is 2.24. The van der Waals surface area contributed by atoms with Gasteiger partial charge in [-0.05, 0) is 89.4 Å². The van der Waals surface area contributed by atoms with Gasteiger partial charge in [-0.15, -0.1) is 0 Å². The Bertz CT molecular complexity index is 4700. The number of aromatic amines is 1. The molecule has 1 aromatic rings. The highest BCUT2D eigenvalue weighted by molar-refractivity contribution is 6.03. The largest absolute Gasteiger partial charge is 0.481 e. The van der Waals surface area contributed by atoms with E-state index in [1.807, 2.05) is 10.6 Å². The summed E-state index contributed by atoms with van der Waals surface area (Å²) in [6.45, 7) is 0.165. The SMILES string of the molecule is CC[C@H](C)[C@H](NC(=O)[C@H](CO)NC(=O)CN)C(=O)N[C@@H](C)C(=O)N[C@@H](CO)C(=O)N[C@@H](CCC(=O)O)C(=O)N[C@H](C(=O)N1CCC[C@H]1C(=O)NCC(=O)N1CCC[C@H]1C(=O)N[C@@H](CO)C(=O)N[C@@H](CCCNC(=N)N)C(=O)N[C@@H](CCC(=O)O)C(=O)N[C@@H](Cc1cnc[nH]1)C(=O)N[C@@H](CC(=O)O)C(=O)NCC(=O)N1CCC[C@H]1C(=O)N[C@@H](CCC(=O)O)C(=O)N[C@@H](CO)C(=O)N[C@@H](CC(N)=O)C(=O)O)C(C)C. The zero-order valence-corrected chi connectivity index (χ0v) is 78.4. The Hall–Kier alpha value is -15.0. The van der Waals surface area contributed by atoms with Gasteiger partial charge in [0.15, 0.2) is 5.96 Å². The van der Waals surface area contributed by atoms with E-state index in [4.69, 9.17) is 22.6 Å². The molecule has 4 heterocycles. The van der Waals surface area contributed by atoms with Gasteiger partial charge in [-0.1, -0.05) is 34.1 Å². The molecule has 0 aliphatic carbocycles. The smallest absolute Gasteiger partial charge is 0.326 e. The number of H-pyrrole nitrogens is 1. The molecule has 0 spiro atoms. The molecule has 3 aliphatic heterocycles. The van der Waals surface area contributed by atoms with Crippen LogP contribution < -0.4 is 108 Å². The van der Waals surface area contributed by atoms with Crippen molar-refractivity contribution in [2.75, 3.05) is 72.2 Å². The van der Waals surface area contributed by atoms with E-state index in [0.717, 1.165) is 21.0 Å². The van der Waals surface area contributed by atoms with E-state index in [-0.39, 0.29) is 76.8 Å². The number of primary amides is 1. The highest BCUT2D eigenvalue weighted by atomic mass is 16.4. The molecule has 0 unspecified atom stereocenters. The van der Waals surface area contributed by atoms with E-state index in [1.54, 1.807) is 13.8 Å². The zero-order chi connectivity index (χ0) is 107. The first-order chi connectivity index (χ1) is 66.9. The van der Waals surface area contributed by atoms with Gasteiger partial charge in [0.2, 0.25) is 118 Å². The number of imidazole rings is 1. The number of aromatic nitrogens is 2. The Morgan fingerprint density at radius 1 is 0.423 bits per heavy atom. The van der Waals surface area contributed by atoms with Crippen molar-refractivity contribution in [3.63, 3.8) is 0 Å². The van der Waals surface area contributed by atoms with Crippen LogP contribution in [-0.2, 0) is 126 Å². The number of aliphatic carboxylic acids is 5. The molecule has 34 N–H and O–H groups in total. The minimum atomic E-state index is -2.11. The van der Waals surface area contributed by atoms with Gasteiger partial charge in [-0.2, -0.15) is 0 Å². The van der Waals surface area contributed by atoms with E-state index >= 15 is 0 Å². The van der Waals surface area contributed by atoms with Gasteiger partial charge in [-0.25, -0.2) is 9.78 Å². The summed E-state index contributed by atoms with van der Waals surface area (Å²) in [5, 5.41) is 135. The Kier molecular flexibility index (Phi) is 50.0. The minimum absolute atomic E-state index is 0.0112. The van der Waals surface area contributed by atoms with Crippen LogP contribution in [0.15, 0.2) is 12.5 Å². The summed E-state index contributed by atoms with van der Waals surface area (Å²) in [6.07, 6.45) is -4.84. The Labute approximate surface area is 809 Å². The number of aliphatic hydroxyl groups excluding tert-OH is 4. The Morgan fingerprint density at radius 3 is 1.25 bits per heavy atom. The number of carboxylic acids is 5. The summed E-state index contributed by atoms with van der Waals surface area (Å²) in [5.41, 5.74) is 15.9. The maximum atomic E-state index is 14.5. The summed E-state index contributed by atoms with van der Waals surface area (Å²) >= 11 is 0. The number of hydrogen-bond acceptors (Lipinski definition) is 32. The number of nitrogens with one attached hydrogen (secondary N) is 19. The molecular weight excluding hydrogens is 1890 g/mol. The third-order valence-electron chi connectivity index (χ3n) is 22.8. The maximum Gasteiger partial charge on any atom is 0.326 e. The fraction of sp³-hybridized carbons (Fsp3) is 0.646. The second-order valence-corrected chi connectivity index (χ2v) is 33.8. The lowest BCUT2D eigenvalue weighted by Crippen LogP contribution is -2.61. The van der Waals surface area contributed by atoms with Crippen LogP contribution in [0.3, 0.4) is 0 Å². The predicted molar refractivity (Wildman–Crippen MR) is 480 cm³/mol. The van der Waals surface area contributed by atoms with E-state index in [2.05, 4.69) is 89.7 Å². The summed E-state index contributed by atoms with van der Waals surface area (Å²) in [4.78, 5) is 343. The van der Waals surface area contributed by atoms with Crippen LogP contribution in [-0.4, -0.2) is 400 Å². The van der Waals surface area contributed by atoms with Crippen LogP contribution in [0.25, 0.3) is 0 Å². The number of carbonyl (C=O) groups is 25. The van der Waals surface area contributed by atoms with Crippen molar-refractivity contribution in [1.29, 1.82) is 5.41 Å². The van der Waals surface area contributed by atoms with Crippen molar-refractivity contribution in [2.24, 2.45) is 29.0 Å². The molecule has 0 radical (unpaired) electrons. The van der Waals surface area contributed by atoms with Gasteiger partial charge in [0, 0.05) is 63.8 Å². The van der Waals surface area contributed by atoms with Gasteiger partial charge < -0.3 is 173 Å². The van der Waals surface area contributed by atoms with Gasteiger partial charge in [0.05, 0.1) is 65.2 Å². The van der Waals surface area contributed by atoms with Crippen LogP contribution in [0, 0.1) is 17.2 Å².